The molecule has 0 nitrogen and oxygen atoms in total. The maximum Gasteiger partial charge on any atom is 0.357 e. The van der Waals surface area contributed by atoms with Crippen LogP contribution in [0.2, 0.25) is 0 Å². The Morgan fingerprint density at radius 2 is 0.962 bits per heavy atom. The van der Waals surface area contributed by atoms with Crippen LogP contribution >= 0.6 is 0 Å². The van der Waals surface area contributed by atoms with Crippen LogP contribution in [-0.4, -0.2) is 40.7 Å². The van der Waals surface area contributed by atoms with Gasteiger partial charge in [-0.1, -0.05) is 0 Å². The van der Waals surface area contributed by atoms with Crippen LogP contribution in [0.25, 0.3) is 0 Å². The first kappa shape index (κ1) is 17.9. The lowest BCUT2D eigenvalue weighted by molar-refractivity contribution is -0.350. The summed E-state index contributed by atoms with van der Waals surface area (Å²) in [6.45, 7) is 0. The molecule has 2 saturated carbocycles. The summed E-state index contributed by atoms with van der Waals surface area (Å²) in [4.78, 5) is 0. The number of allylic oxidation sites excluding steroid dienone is 4. The van der Waals surface area contributed by atoms with Crippen LogP contribution < -0.4 is 0 Å². The van der Waals surface area contributed by atoms with Gasteiger partial charge in [0.2, 0.25) is 0 Å². The predicted molar refractivity (Wildman–Crippen MR) is 51.1 cm³/mol. The first-order chi connectivity index (χ1) is 11.3. The van der Waals surface area contributed by atoms with E-state index in [0.717, 1.165) is 0 Å². The summed E-state index contributed by atoms with van der Waals surface area (Å²) >= 11 is 0. The minimum absolute atomic E-state index is 3.60. The second kappa shape index (κ2) is 3.48. The molecule has 0 amide bonds. The highest BCUT2D eigenvalue weighted by Gasteiger charge is 3.19. The van der Waals surface area contributed by atoms with E-state index in [1.807, 2.05) is 0 Å². The van der Waals surface area contributed by atoms with Gasteiger partial charge in [0.15, 0.2) is 22.9 Å². The van der Waals surface area contributed by atoms with Crippen molar-refractivity contribution in [3.05, 3.63) is 23.1 Å². The van der Waals surface area contributed by atoms with Crippen molar-refractivity contribution in [2.24, 2.45) is 5.41 Å². The van der Waals surface area contributed by atoms with Gasteiger partial charge in [0.05, 0.1) is 0 Å². The molecule has 5 aliphatic rings. The average molecular weight is 410 g/mol. The maximum atomic E-state index is 14.7. The monoisotopic (exact) mass is 410 g/mol. The molecule has 14 heteroatoms. The first-order valence-electron chi connectivity index (χ1n) is 6.40. The zero-order valence-electron chi connectivity index (χ0n) is 11.3. The number of fused-ring (bicyclic) bond motifs is 1. The van der Waals surface area contributed by atoms with E-state index in [9.17, 15) is 61.5 Å². The van der Waals surface area contributed by atoms with Gasteiger partial charge in [-0.25, -0.2) is 35.1 Å². The first-order valence-corrected chi connectivity index (χ1v) is 6.40. The normalized spacial score (nSPS) is 51.5. The summed E-state index contributed by atoms with van der Waals surface area (Å²) in [6, 6.07) is 0. The molecule has 2 bridgehead atoms. The standard InChI is InChI=1S/C12F14/c13-2-1-5(16)3(14)4(15)7(17,12(25,26)10(5,21)22)6(1)9(20,8(2,18)19)11(6,23)24/t5-,6?,7-,9+/m1/s1. The molecule has 0 aromatic rings. The SMILES string of the molecule is FC1=C2C3(C(F)(F)[C@@]3(F)C1(F)F)[C@]1(F)C(F)=C(F)[C@@]2(F)C(F)(F)C1(F)F. The van der Waals surface area contributed by atoms with Gasteiger partial charge < -0.3 is 0 Å². The average Bonchev–Trinajstić information content (AvgIpc) is 2.84. The number of hydrogen-bond donors (Lipinski definition) is 0. The van der Waals surface area contributed by atoms with E-state index in [-0.39, 0.29) is 0 Å². The molecule has 0 N–H and O–H groups in total. The summed E-state index contributed by atoms with van der Waals surface area (Å²) in [7, 11) is 0. The Labute approximate surface area is 132 Å². The second-order valence-corrected chi connectivity index (χ2v) is 6.34. The lowest BCUT2D eigenvalue weighted by atomic mass is 9.55. The van der Waals surface area contributed by atoms with Gasteiger partial charge >= 0.3 is 23.7 Å². The Hall–Kier alpha value is -1.50. The van der Waals surface area contributed by atoms with E-state index < -0.39 is 69.2 Å². The third-order valence-corrected chi connectivity index (χ3v) is 5.58. The molecular weight excluding hydrogens is 410 g/mol. The third kappa shape index (κ3) is 0.917. The Kier molecular flexibility index (Phi) is 2.39. The third-order valence-electron chi connectivity index (χ3n) is 5.58. The molecule has 0 aromatic carbocycles. The quantitative estimate of drug-likeness (QED) is 0.490. The summed E-state index contributed by atoms with van der Waals surface area (Å²) in [5, 5.41) is 0. The number of alkyl halides is 11. The molecule has 0 saturated heterocycles. The fourth-order valence-electron chi connectivity index (χ4n) is 4.40. The van der Waals surface area contributed by atoms with Gasteiger partial charge in [-0.15, -0.1) is 0 Å². The highest BCUT2D eigenvalue weighted by molar-refractivity contribution is 5.73. The molecule has 1 unspecified atom stereocenters. The van der Waals surface area contributed by atoms with Crippen LogP contribution in [0.3, 0.4) is 0 Å². The number of rotatable bonds is 0. The van der Waals surface area contributed by atoms with Crippen molar-refractivity contribution in [2.45, 2.75) is 40.7 Å². The highest BCUT2D eigenvalue weighted by atomic mass is 19.3. The molecule has 2 fully saturated rings. The van der Waals surface area contributed by atoms with Crippen LogP contribution in [0, 0.1) is 5.41 Å². The molecule has 5 aliphatic carbocycles. The van der Waals surface area contributed by atoms with Crippen LogP contribution in [0.1, 0.15) is 0 Å². The van der Waals surface area contributed by atoms with Gasteiger partial charge in [-0.2, -0.15) is 26.3 Å². The number of halogens is 14. The molecule has 0 heterocycles. The summed E-state index contributed by atoms with van der Waals surface area (Å²) in [6.07, 6.45) is 0. The molecule has 146 valence electrons. The molecule has 0 radical (unpaired) electrons. The highest BCUT2D eigenvalue weighted by Crippen LogP contribution is 2.95. The predicted octanol–water partition coefficient (Wildman–Crippen LogP) is 5.07. The maximum absolute atomic E-state index is 14.7. The van der Waals surface area contributed by atoms with Gasteiger partial charge in [-0.05, 0) is 0 Å². The fraction of sp³-hybridized carbons (Fsp3) is 0.667. The van der Waals surface area contributed by atoms with Crippen molar-refractivity contribution in [1.29, 1.82) is 0 Å². The minimum Gasteiger partial charge on any atom is -0.228 e. The minimum atomic E-state index is -6.98. The van der Waals surface area contributed by atoms with Gasteiger partial charge in [0, 0.05) is 5.57 Å². The van der Waals surface area contributed by atoms with Crippen molar-refractivity contribution in [2.75, 3.05) is 0 Å². The Morgan fingerprint density at radius 3 is 1.42 bits per heavy atom. The van der Waals surface area contributed by atoms with E-state index in [1.54, 1.807) is 0 Å². The molecular formula is C12F14. The van der Waals surface area contributed by atoms with Crippen molar-refractivity contribution >= 4 is 0 Å². The molecule has 4 atom stereocenters. The van der Waals surface area contributed by atoms with Crippen LogP contribution in [0.4, 0.5) is 61.5 Å². The van der Waals surface area contributed by atoms with Crippen LogP contribution in [-0.2, 0) is 0 Å². The Bertz CT molecular complexity index is 852. The van der Waals surface area contributed by atoms with E-state index in [0.29, 0.717) is 0 Å². The summed E-state index contributed by atoms with van der Waals surface area (Å²) < 4.78 is 195. The molecule has 1 spiro atoms. The van der Waals surface area contributed by atoms with E-state index >= 15 is 0 Å². The zero-order valence-corrected chi connectivity index (χ0v) is 11.3. The lowest BCUT2D eigenvalue weighted by Crippen LogP contribution is -2.79. The molecule has 5 rings (SSSR count). The smallest absolute Gasteiger partial charge is 0.228 e. The molecule has 26 heavy (non-hydrogen) atoms. The summed E-state index contributed by atoms with van der Waals surface area (Å²) in [5.74, 6) is -37.9. The van der Waals surface area contributed by atoms with Gasteiger partial charge in [-0.3, -0.25) is 0 Å². The topological polar surface area (TPSA) is 0 Å². The molecule has 0 aromatic heterocycles. The zero-order chi connectivity index (χ0) is 20.3. The Balaban J connectivity index is 2.31. The van der Waals surface area contributed by atoms with Gasteiger partial charge in [0.1, 0.15) is 0 Å². The Morgan fingerprint density at radius 1 is 0.500 bits per heavy atom. The second-order valence-electron chi connectivity index (χ2n) is 6.34. The summed E-state index contributed by atoms with van der Waals surface area (Å²) in [5.41, 5.74) is -28.2. The van der Waals surface area contributed by atoms with E-state index in [2.05, 4.69) is 0 Å². The van der Waals surface area contributed by atoms with Crippen molar-refractivity contribution in [1.82, 2.24) is 0 Å². The lowest BCUT2D eigenvalue weighted by Gasteiger charge is -2.55. The number of hydrogen-bond acceptors (Lipinski definition) is 0. The van der Waals surface area contributed by atoms with Crippen molar-refractivity contribution < 1.29 is 61.5 Å². The van der Waals surface area contributed by atoms with E-state index in [4.69, 9.17) is 0 Å². The van der Waals surface area contributed by atoms with Crippen molar-refractivity contribution in [3.63, 3.8) is 0 Å². The van der Waals surface area contributed by atoms with Crippen LogP contribution in [0.5, 0.6) is 0 Å². The van der Waals surface area contributed by atoms with E-state index in [1.165, 1.54) is 0 Å². The van der Waals surface area contributed by atoms with Gasteiger partial charge in [0.25, 0.3) is 17.0 Å². The largest absolute Gasteiger partial charge is 0.357 e. The van der Waals surface area contributed by atoms with Crippen molar-refractivity contribution in [3.8, 4) is 0 Å². The van der Waals surface area contributed by atoms with Crippen LogP contribution in [0.15, 0.2) is 23.1 Å². The fourth-order valence-corrected chi connectivity index (χ4v) is 4.40. The molecule has 0 aliphatic heterocycles.